The maximum Gasteiger partial charge on any atom is 0.343 e. The van der Waals surface area contributed by atoms with Gasteiger partial charge in [0.2, 0.25) is 0 Å². The van der Waals surface area contributed by atoms with Crippen molar-refractivity contribution >= 4 is 32.3 Å². The maximum absolute atomic E-state index is 12.1. The Hall–Kier alpha value is -1.93. The fraction of sp³-hybridized carbons (Fsp3) is 0.333. The fourth-order valence-corrected chi connectivity index (χ4v) is 4.05. The van der Waals surface area contributed by atoms with Crippen molar-refractivity contribution in [3.8, 4) is 0 Å². The average molecular weight is 354 g/mol. The largest absolute Gasteiger partial charge is 0.462 e. The Kier molecular flexibility index (Phi) is 5.73. The Morgan fingerprint density at radius 2 is 2.00 bits per heavy atom. The number of nitrogens with zero attached hydrogens (tertiary/aromatic N) is 1. The van der Waals surface area contributed by atoms with Gasteiger partial charge in [-0.15, -0.1) is 0 Å². The number of aromatic nitrogens is 1. The molecule has 8 heteroatoms. The number of sulfone groups is 1. The van der Waals surface area contributed by atoms with Crippen molar-refractivity contribution in [1.29, 1.82) is 0 Å². The first-order valence-corrected chi connectivity index (χ1v) is 9.47. The average Bonchev–Trinajstić information content (AvgIpc) is 2.93. The van der Waals surface area contributed by atoms with Crippen molar-refractivity contribution in [2.75, 3.05) is 24.7 Å². The van der Waals surface area contributed by atoms with E-state index in [-0.39, 0.29) is 23.7 Å². The Balaban J connectivity index is 1.88. The Bertz CT molecular complexity index is 770. The van der Waals surface area contributed by atoms with Crippen molar-refractivity contribution in [1.82, 2.24) is 4.37 Å². The predicted octanol–water partition coefficient (Wildman–Crippen LogP) is 2.51. The molecule has 0 amide bonds. The number of esters is 1. The minimum Gasteiger partial charge on any atom is -0.462 e. The van der Waals surface area contributed by atoms with Gasteiger partial charge in [0.15, 0.2) is 9.84 Å². The summed E-state index contributed by atoms with van der Waals surface area (Å²) in [6.07, 6.45) is 0.245. The van der Waals surface area contributed by atoms with E-state index in [1.807, 2.05) is 0 Å². The summed E-state index contributed by atoms with van der Waals surface area (Å²) < 4.78 is 33.5. The molecule has 6 nitrogen and oxygen atoms in total. The topological polar surface area (TPSA) is 85.4 Å². The molecule has 0 spiro atoms. The van der Waals surface area contributed by atoms with Crippen LogP contribution >= 0.6 is 11.5 Å². The van der Waals surface area contributed by atoms with Crippen LogP contribution < -0.4 is 5.32 Å². The smallest absolute Gasteiger partial charge is 0.343 e. The fourth-order valence-electron chi connectivity index (χ4n) is 2.01. The summed E-state index contributed by atoms with van der Waals surface area (Å²) in [6, 6.07) is 8.23. The van der Waals surface area contributed by atoms with Gasteiger partial charge in [0, 0.05) is 7.05 Å². The molecular weight excluding hydrogens is 336 g/mol. The van der Waals surface area contributed by atoms with Gasteiger partial charge in [-0.25, -0.2) is 13.2 Å². The first kappa shape index (κ1) is 17.4. The van der Waals surface area contributed by atoms with E-state index in [0.717, 1.165) is 0 Å². The van der Waals surface area contributed by atoms with Crippen LogP contribution in [0.15, 0.2) is 35.2 Å². The molecule has 1 heterocycles. The van der Waals surface area contributed by atoms with Crippen LogP contribution in [0, 0.1) is 6.92 Å². The molecule has 0 radical (unpaired) electrons. The van der Waals surface area contributed by atoms with Gasteiger partial charge in [0.05, 0.1) is 22.9 Å². The lowest BCUT2D eigenvalue weighted by Gasteiger charge is -2.07. The van der Waals surface area contributed by atoms with Gasteiger partial charge < -0.3 is 10.1 Å². The van der Waals surface area contributed by atoms with E-state index < -0.39 is 15.8 Å². The summed E-state index contributed by atoms with van der Waals surface area (Å²) in [5.41, 5.74) is 1.00. The molecule has 0 saturated heterocycles. The molecule has 0 aliphatic heterocycles. The molecule has 1 N–H and O–H groups in total. The quantitative estimate of drug-likeness (QED) is 0.607. The molecule has 1 aromatic carbocycles. The number of ether oxygens (including phenoxy) is 1. The lowest BCUT2D eigenvalue weighted by Crippen LogP contribution is -2.13. The normalized spacial score (nSPS) is 11.2. The number of aryl methyl sites for hydroxylation is 1. The lowest BCUT2D eigenvalue weighted by molar-refractivity contribution is 0.0506. The monoisotopic (exact) mass is 354 g/mol. The third kappa shape index (κ3) is 4.29. The van der Waals surface area contributed by atoms with Crippen molar-refractivity contribution < 1.29 is 17.9 Å². The molecule has 2 aromatic rings. The molecule has 0 bridgehead atoms. The third-order valence-corrected chi connectivity index (χ3v) is 5.96. The highest BCUT2D eigenvalue weighted by Crippen LogP contribution is 2.24. The van der Waals surface area contributed by atoms with E-state index >= 15 is 0 Å². The highest BCUT2D eigenvalue weighted by Gasteiger charge is 2.19. The molecule has 0 fully saturated rings. The summed E-state index contributed by atoms with van der Waals surface area (Å²) in [5.74, 6) is -0.554. The molecule has 0 atom stereocenters. The van der Waals surface area contributed by atoms with Crippen LogP contribution in [0.4, 0.5) is 5.00 Å². The molecule has 124 valence electrons. The van der Waals surface area contributed by atoms with Crippen molar-refractivity contribution in [2.45, 2.75) is 18.2 Å². The SMILES string of the molecule is CNc1snc(C)c1C(=O)OCCCS(=O)(=O)c1ccccc1. The Morgan fingerprint density at radius 3 is 2.65 bits per heavy atom. The van der Waals surface area contributed by atoms with Gasteiger partial charge >= 0.3 is 5.97 Å². The molecule has 0 aliphatic rings. The van der Waals surface area contributed by atoms with Gasteiger partial charge in [-0.2, -0.15) is 4.37 Å². The van der Waals surface area contributed by atoms with E-state index in [2.05, 4.69) is 9.69 Å². The van der Waals surface area contributed by atoms with Gasteiger partial charge in [-0.3, -0.25) is 0 Å². The number of benzene rings is 1. The van der Waals surface area contributed by atoms with E-state index in [1.54, 1.807) is 44.3 Å². The van der Waals surface area contributed by atoms with Gasteiger partial charge in [-0.1, -0.05) is 18.2 Å². The lowest BCUT2D eigenvalue weighted by atomic mass is 10.2. The van der Waals surface area contributed by atoms with E-state index in [0.29, 0.717) is 16.3 Å². The highest BCUT2D eigenvalue weighted by molar-refractivity contribution is 7.91. The first-order chi connectivity index (χ1) is 11.0. The molecular formula is C15H18N2O4S2. The molecule has 23 heavy (non-hydrogen) atoms. The van der Waals surface area contributed by atoms with Crippen LogP contribution in [0.5, 0.6) is 0 Å². The number of anilines is 1. The minimum absolute atomic E-state index is 0.0450. The molecule has 2 rings (SSSR count). The number of hydrogen-bond acceptors (Lipinski definition) is 7. The van der Waals surface area contributed by atoms with Crippen molar-refractivity contribution in [3.63, 3.8) is 0 Å². The Labute approximate surface area is 139 Å². The molecule has 0 aliphatic carbocycles. The number of carbonyl (C=O) groups excluding carboxylic acids is 1. The van der Waals surface area contributed by atoms with Crippen molar-refractivity contribution in [2.24, 2.45) is 0 Å². The van der Waals surface area contributed by atoms with E-state index in [1.165, 1.54) is 11.5 Å². The molecule has 0 unspecified atom stereocenters. The van der Waals surface area contributed by atoms with Gasteiger partial charge in [0.25, 0.3) is 0 Å². The van der Waals surface area contributed by atoms with Gasteiger partial charge in [-0.05, 0) is 37.0 Å². The van der Waals surface area contributed by atoms with Crippen molar-refractivity contribution in [3.05, 3.63) is 41.6 Å². The summed E-state index contributed by atoms with van der Waals surface area (Å²) >= 11 is 1.19. The van der Waals surface area contributed by atoms with Crippen LogP contribution in [0.1, 0.15) is 22.5 Å². The van der Waals surface area contributed by atoms with Crippen LogP contribution in [0.25, 0.3) is 0 Å². The number of hydrogen-bond donors (Lipinski definition) is 1. The van der Waals surface area contributed by atoms with Gasteiger partial charge in [0.1, 0.15) is 10.6 Å². The summed E-state index contributed by atoms with van der Waals surface area (Å²) in [4.78, 5) is 12.3. The second kappa shape index (κ2) is 7.56. The van der Waals surface area contributed by atoms with E-state index in [9.17, 15) is 13.2 Å². The molecule has 0 saturated carbocycles. The summed E-state index contributed by atoms with van der Waals surface area (Å²) in [7, 11) is -1.64. The first-order valence-electron chi connectivity index (χ1n) is 7.04. The zero-order chi connectivity index (χ0) is 16.9. The van der Waals surface area contributed by atoms with E-state index in [4.69, 9.17) is 4.74 Å². The second-order valence-electron chi connectivity index (χ2n) is 4.84. The van der Waals surface area contributed by atoms with Crippen LogP contribution in [0.3, 0.4) is 0 Å². The molecule has 1 aromatic heterocycles. The number of carbonyl (C=O) groups is 1. The standard InChI is InChI=1S/C15H18N2O4S2/c1-11-13(14(16-2)22-17-11)15(18)21-9-6-10-23(19,20)12-7-4-3-5-8-12/h3-5,7-8,16H,6,9-10H2,1-2H3. The number of nitrogens with one attached hydrogen (secondary N) is 1. The summed E-state index contributed by atoms with van der Waals surface area (Å²) in [5, 5.41) is 3.54. The maximum atomic E-state index is 12.1. The zero-order valence-corrected chi connectivity index (χ0v) is 14.5. The second-order valence-corrected chi connectivity index (χ2v) is 7.73. The minimum atomic E-state index is -3.35. The third-order valence-electron chi connectivity index (χ3n) is 3.19. The number of rotatable bonds is 7. The van der Waals surface area contributed by atoms with Crippen LogP contribution in [-0.4, -0.2) is 38.2 Å². The highest BCUT2D eigenvalue weighted by atomic mass is 32.2. The zero-order valence-electron chi connectivity index (χ0n) is 12.9. The van der Waals surface area contributed by atoms with Crippen LogP contribution in [-0.2, 0) is 14.6 Å². The summed E-state index contributed by atoms with van der Waals surface area (Å²) in [6.45, 7) is 1.77. The van der Waals surface area contributed by atoms with Crippen LogP contribution in [0.2, 0.25) is 0 Å². The predicted molar refractivity (Wildman–Crippen MR) is 89.8 cm³/mol. The Morgan fingerprint density at radius 1 is 1.30 bits per heavy atom.